The number of sulfonamides is 1. The summed E-state index contributed by atoms with van der Waals surface area (Å²) < 4.78 is 27.7. The molecular formula is C13H15N3O3S. The Morgan fingerprint density at radius 1 is 1.25 bits per heavy atom. The van der Waals surface area contributed by atoms with Gasteiger partial charge in [0.05, 0.1) is 11.2 Å². The van der Waals surface area contributed by atoms with Gasteiger partial charge < -0.3 is 0 Å². The van der Waals surface area contributed by atoms with Gasteiger partial charge in [-0.2, -0.15) is 0 Å². The molecule has 1 aromatic carbocycles. The first-order valence-corrected chi connectivity index (χ1v) is 7.55. The van der Waals surface area contributed by atoms with Crippen LogP contribution in [0.4, 0.5) is 0 Å². The summed E-state index contributed by atoms with van der Waals surface area (Å²) in [6, 6.07) is 9.50. The third kappa shape index (κ3) is 3.52. The molecule has 7 heteroatoms. The predicted octanol–water partition coefficient (Wildman–Crippen LogP) is 0.530. The van der Waals surface area contributed by atoms with Crippen LogP contribution in [0.25, 0.3) is 0 Å². The third-order valence-electron chi connectivity index (χ3n) is 2.71. The van der Waals surface area contributed by atoms with Gasteiger partial charge in [0.1, 0.15) is 0 Å². The van der Waals surface area contributed by atoms with Gasteiger partial charge in [-0.3, -0.25) is 9.36 Å². The minimum atomic E-state index is -3.54. The highest BCUT2D eigenvalue weighted by Crippen LogP contribution is 2.06. The van der Waals surface area contributed by atoms with Gasteiger partial charge in [0.15, 0.2) is 0 Å². The number of nitrogens with zero attached hydrogens (tertiary/aromatic N) is 2. The lowest BCUT2D eigenvalue weighted by atomic mass is 10.4. The van der Waals surface area contributed by atoms with Crippen LogP contribution in [0, 0.1) is 6.92 Å². The Hall–Kier alpha value is -1.99. The van der Waals surface area contributed by atoms with Gasteiger partial charge in [-0.1, -0.05) is 18.2 Å². The van der Waals surface area contributed by atoms with Gasteiger partial charge in [-0.25, -0.2) is 18.1 Å². The van der Waals surface area contributed by atoms with Crippen molar-refractivity contribution in [1.82, 2.24) is 14.3 Å². The molecular weight excluding hydrogens is 278 g/mol. The average Bonchev–Trinajstić information content (AvgIpc) is 2.42. The maximum absolute atomic E-state index is 11.9. The van der Waals surface area contributed by atoms with E-state index in [-0.39, 0.29) is 23.5 Å². The number of aryl methyl sites for hydroxylation is 1. The van der Waals surface area contributed by atoms with Crippen molar-refractivity contribution in [2.75, 3.05) is 6.54 Å². The second-order valence-corrected chi connectivity index (χ2v) is 6.04. The van der Waals surface area contributed by atoms with Crippen LogP contribution in [-0.2, 0) is 16.6 Å². The Labute approximate surface area is 117 Å². The highest BCUT2D eigenvalue weighted by molar-refractivity contribution is 7.89. The number of aromatic nitrogens is 2. The van der Waals surface area contributed by atoms with Crippen molar-refractivity contribution in [3.05, 3.63) is 58.8 Å². The van der Waals surface area contributed by atoms with E-state index < -0.39 is 10.0 Å². The Balaban J connectivity index is 2.01. The molecule has 0 aliphatic rings. The maximum atomic E-state index is 11.9. The molecule has 1 N–H and O–H groups in total. The lowest BCUT2D eigenvalue weighted by Crippen LogP contribution is -2.30. The lowest BCUT2D eigenvalue weighted by Gasteiger charge is -2.08. The van der Waals surface area contributed by atoms with E-state index in [4.69, 9.17) is 0 Å². The first-order chi connectivity index (χ1) is 9.49. The zero-order chi connectivity index (χ0) is 14.6. The van der Waals surface area contributed by atoms with Gasteiger partial charge in [-0.15, -0.1) is 0 Å². The Morgan fingerprint density at radius 3 is 2.60 bits per heavy atom. The summed E-state index contributed by atoms with van der Waals surface area (Å²) in [5.41, 5.74) is 0.438. The molecule has 2 aromatic rings. The van der Waals surface area contributed by atoms with Crippen molar-refractivity contribution in [2.24, 2.45) is 0 Å². The molecule has 0 spiro atoms. The highest BCUT2D eigenvalue weighted by atomic mass is 32.2. The molecule has 2 rings (SSSR count). The minimum absolute atomic E-state index is 0.127. The highest BCUT2D eigenvalue weighted by Gasteiger charge is 2.12. The number of benzene rings is 1. The van der Waals surface area contributed by atoms with Crippen LogP contribution < -0.4 is 10.3 Å². The molecule has 0 saturated heterocycles. The van der Waals surface area contributed by atoms with Crippen LogP contribution in [0.2, 0.25) is 0 Å². The number of nitrogens with one attached hydrogen (secondary N) is 1. The maximum Gasteiger partial charge on any atom is 0.253 e. The number of hydrogen-bond acceptors (Lipinski definition) is 4. The smallest absolute Gasteiger partial charge is 0.253 e. The van der Waals surface area contributed by atoms with Crippen LogP contribution in [0.5, 0.6) is 0 Å². The van der Waals surface area contributed by atoms with Crippen LogP contribution in [-0.4, -0.2) is 24.5 Å². The van der Waals surface area contributed by atoms with Gasteiger partial charge >= 0.3 is 0 Å². The first-order valence-electron chi connectivity index (χ1n) is 6.07. The number of rotatable bonds is 5. The molecule has 1 aromatic heterocycles. The van der Waals surface area contributed by atoms with Crippen molar-refractivity contribution in [2.45, 2.75) is 18.4 Å². The molecule has 0 radical (unpaired) electrons. The largest absolute Gasteiger partial charge is 0.298 e. The summed E-state index contributed by atoms with van der Waals surface area (Å²) in [6.45, 7) is 2.09. The van der Waals surface area contributed by atoms with Crippen molar-refractivity contribution in [3.63, 3.8) is 0 Å². The topological polar surface area (TPSA) is 81.1 Å². The van der Waals surface area contributed by atoms with E-state index >= 15 is 0 Å². The predicted molar refractivity (Wildman–Crippen MR) is 74.9 cm³/mol. The second kappa shape index (κ2) is 5.98. The van der Waals surface area contributed by atoms with Crippen molar-refractivity contribution >= 4 is 10.0 Å². The molecule has 0 aliphatic heterocycles. The fourth-order valence-electron chi connectivity index (χ4n) is 1.67. The van der Waals surface area contributed by atoms with Gasteiger partial charge in [-0.05, 0) is 19.1 Å². The van der Waals surface area contributed by atoms with E-state index in [9.17, 15) is 13.2 Å². The van der Waals surface area contributed by atoms with Gasteiger partial charge in [0, 0.05) is 24.8 Å². The fraction of sp³-hybridized carbons (Fsp3) is 0.231. The standard InChI is InChI=1S/C13H15N3O3S/c1-11-9-13(17)16(10-14-11)8-7-15-20(18,19)12-5-3-2-4-6-12/h2-6,9-10,15H,7-8H2,1H3. The third-order valence-corrected chi connectivity index (χ3v) is 4.19. The number of hydrogen-bond donors (Lipinski definition) is 1. The summed E-state index contributed by atoms with van der Waals surface area (Å²) in [4.78, 5) is 15.8. The molecule has 0 atom stereocenters. The summed E-state index contributed by atoms with van der Waals surface area (Å²) in [5, 5.41) is 0. The van der Waals surface area contributed by atoms with Crippen LogP contribution in [0.1, 0.15) is 5.69 Å². The minimum Gasteiger partial charge on any atom is -0.298 e. The molecule has 0 saturated carbocycles. The van der Waals surface area contributed by atoms with E-state index in [2.05, 4.69) is 9.71 Å². The monoisotopic (exact) mass is 293 g/mol. The molecule has 0 amide bonds. The van der Waals surface area contributed by atoms with E-state index in [1.807, 2.05) is 0 Å². The molecule has 106 valence electrons. The van der Waals surface area contributed by atoms with E-state index in [1.54, 1.807) is 25.1 Å². The van der Waals surface area contributed by atoms with Gasteiger partial charge in [0.25, 0.3) is 5.56 Å². The summed E-state index contributed by atoms with van der Waals surface area (Å²) in [5.74, 6) is 0. The molecule has 1 heterocycles. The Morgan fingerprint density at radius 2 is 1.95 bits per heavy atom. The van der Waals surface area contributed by atoms with Crippen molar-refractivity contribution in [3.8, 4) is 0 Å². The summed E-state index contributed by atoms with van der Waals surface area (Å²) in [6.07, 6.45) is 1.41. The molecule has 0 aliphatic carbocycles. The molecule has 20 heavy (non-hydrogen) atoms. The van der Waals surface area contributed by atoms with E-state index in [1.165, 1.54) is 29.1 Å². The first kappa shape index (κ1) is 14.4. The van der Waals surface area contributed by atoms with Crippen molar-refractivity contribution < 1.29 is 8.42 Å². The zero-order valence-electron chi connectivity index (χ0n) is 11.0. The SMILES string of the molecule is Cc1cc(=O)n(CCNS(=O)(=O)c2ccccc2)cn1. The average molecular weight is 293 g/mol. The van der Waals surface area contributed by atoms with Gasteiger partial charge in [0.2, 0.25) is 10.0 Å². The Kier molecular flexibility index (Phi) is 4.31. The lowest BCUT2D eigenvalue weighted by molar-refractivity contribution is 0.568. The fourth-order valence-corrected chi connectivity index (χ4v) is 2.71. The van der Waals surface area contributed by atoms with Crippen molar-refractivity contribution in [1.29, 1.82) is 0 Å². The quantitative estimate of drug-likeness (QED) is 0.872. The van der Waals surface area contributed by atoms with Crippen LogP contribution in [0.15, 0.2) is 52.4 Å². The zero-order valence-corrected chi connectivity index (χ0v) is 11.8. The van der Waals surface area contributed by atoms with Crippen LogP contribution in [0.3, 0.4) is 0 Å². The molecule has 6 nitrogen and oxygen atoms in total. The second-order valence-electron chi connectivity index (χ2n) is 4.27. The normalized spacial score (nSPS) is 11.4. The van der Waals surface area contributed by atoms with E-state index in [0.717, 1.165) is 0 Å². The molecule has 0 bridgehead atoms. The molecule has 0 unspecified atom stereocenters. The molecule has 0 fully saturated rings. The summed E-state index contributed by atoms with van der Waals surface area (Å²) >= 11 is 0. The Bertz CT molecular complexity index is 739. The van der Waals surface area contributed by atoms with E-state index in [0.29, 0.717) is 5.69 Å². The van der Waals surface area contributed by atoms with Crippen LogP contribution >= 0.6 is 0 Å². The summed E-state index contributed by atoms with van der Waals surface area (Å²) in [7, 11) is -3.54.